The smallest absolute Gasteiger partial charge is 0.225 e. The summed E-state index contributed by atoms with van der Waals surface area (Å²) in [5.74, 6) is 2.60. The van der Waals surface area contributed by atoms with E-state index in [-0.39, 0.29) is 5.41 Å². The van der Waals surface area contributed by atoms with Gasteiger partial charge in [0.05, 0.1) is 23.7 Å². The van der Waals surface area contributed by atoms with Gasteiger partial charge >= 0.3 is 0 Å². The summed E-state index contributed by atoms with van der Waals surface area (Å²) in [5.41, 5.74) is 3.06. The molecule has 4 aliphatic carbocycles. The minimum Gasteiger partial charge on any atom is -0.425 e. The number of rotatable bonds is 6. The maximum Gasteiger partial charge on any atom is 0.225 e. The van der Waals surface area contributed by atoms with Gasteiger partial charge in [0.25, 0.3) is 0 Å². The predicted octanol–water partition coefficient (Wildman–Crippen LogP) is 5.10. The molecule has 36 heavy (non-hydrogen) atoms. The summed E-state index contributed by atoms with van der Waals surface area (Å²) in [6.45, 7) is 10.6. The second kappa shape index (κ2) is 9.70. The van der Waals surface area contributed by atoms with Gasteiger partial charge in [-0.05, 0) is 85.7 Å². The first-order chi connectivity index (χ1) is 17.1. The van der Waals surface area contributed by atoms with Crippen LogP contribution in [0, 0.1) is 30.1 Å². The van der Waals surface area contributed by atoms with Gasteiger partial charge in [0.2, 0.25) is 11.8 Å². The van der Waals surface area contributed by atoms with E-state index in [1.807, 2.05) is 6.08 Å². The van der Waals surface area contributed by atoms with E-state index >= 15 is 0 Å². The first-order valence-corrected chi connectivity index (χ1v) is 13.8. The second-order valence-corrected chi connectivity index (χ2v) is 12.1. The number of hydrogen-bond donors (Lipinski definition) is 3. The van der Waals surface area contributed by atoms with Crippen molar-refractivity contribution in [1.29, 1.82) is 0 Å². The van der Waals surface area contributed by atoms with E-state index in [0.29, 0.717) is 42.4 Å². The molecule has 1 heterocycles. The van der Waals surface area contributed by atoms with Crippen LogP contribution in [0.25, 0.3) is 0 Å². The quantitative estimate of drug-likeness (QED) is 0.476. The maximum atomic E-state index is 11.0. The molecule has 1 aromatic heterocycles. The topological polar surface area (TPSA) is 99.6 Å². The third-order valence-electron chi connectivity index (χ3n) is 9.84. The molecule has 0 saturated heterocycles. The van der Waals surface area contributed by atoms with Crippen molar-refractivity contribution in [1.82, 2.24) is 10.2 Å². The molecule has 0 radical (unpaired) electrons. The van der Waals surface area contributed by atoms with Crippen LogP contribution in [0.2, 0.25) is 0 Å². The number of hydrogen-bond acceptors (Lipinski definition) is 6. The standard InChI is InChI=1S/C30H42N2O4/c1-18(7-12-27(35)30(14-15-30)28-32-31-20(3)36-28)24-10-11-25-21(6-5-13-29(24,25)4)8-9-22-16-23(33)17-26(34)19(22)2/h7-9,12,18,23-27,33-35H,2,5-6,10-11,13-17H2,1,3-4H3/t18-,23-,24-,25+,26+,27-,29-/m1/s1. The fourth-order valence-corrected chi connectivity index (χ4v) is 7.48. The lowest BCUT2D eigenvalue weighted by atomic mass is 9.61. The molecule has 3 N–H and O–H groups in total. The van der Waals surface area contributed by atoms with E-state index < -0.39 is 23.7 Å². The third-order valence-corrected chi connectivity index (χ3v) is 9.84. The van der Waals surface area contributed by atoms with E-state index in [2.05, 4.69) is 48.9 Å². The zero-order valence-corrected chi connectivity index (χ0v) is 22.0. The molecule has 0 bridgehead atoms. The molecule has 0 unspecified atom stereocenters. The van der Waals surface area contributed by atoms with Gasteiger partial charge in [-0.1, -0.05) is 50.3 Å². The van der Waals surface area contributed by atoms with Crippen LogP contribution in [0.4, 0.5) is 0 Å². The van der Waals surface area contributed by atoms with Crippen LogP contribution in [0.15, 0.2) is 52.0 Å². The molecule has 5 rings (SSSR count). The fourth-order valence-electron chi connectivity index (χ4n) is 7.48. The molecule has 1 aromatic rings. The maximum absolute atomic E-state index is 11.0. The molecule has 4 fully saturated rings. The number of aliphatic hydroxyl groups is 3. The molecule has 6 heteroatoms. The highest BCUT2D eigenvalue weighted by Gasteiger charge is 2.54. The largest absolute Gasteiger partial charge is 0.425 e. The number of aliphatic hydroxyl groups excluding tert-OH is 3. The van der Waals surface area contributed by atoms with Gasteiger partial charge in [-0.2, -0.15) is 0 Å². The highest BCUT2D eigenvalue weighted by Crippen LogP contribution is 2.59. The average molecular weight is 495 g/mol. The van der Waals surface area contributed by atoms with Gasteiger partial charge in [0.15, 0.2) is 0 Å². The van der Waals surface area contributed by atoms with Crippen LogP contribution < -0.4 is 0 Å². The Morgan fingerprint density at radius 2 is 1.89 bits per heavy atom. The van der Waals surface area contributed by atoms with Gasteiger partial charge in [-0.25, -0.2) is 0 Å². The molecular weight excluding hydrogens is 452 g/mol. The van der Waals surface area contributed by atoms with Crippen LogP contribution >= 0.6 is 0 Å². The van der Waals surface area contributed by atoms with Crippen LogP contribution in [-0.2, 0) is 5.41 Å². The van der Waals surface area contributed by atoms with E-state index in [1.54, 1.807) is 6.92 Å². The molecular formula is C30H42N2O4. The van der Waals surface area contributed by atoms with Gasteiger partial charge in [-0.3, -0.25) is 0 Å². The lowest BCUT2D eigenvalue weighted by Gasteiger charge is -2.44. The number of aryl methyl sites for hydroxylation is 1. The van der Waals surface area contributed by atoms with Crippen molar-refractivity contribution in [2.24, 2.45) is 23.2 Å². The molecule has 4 aliphatic rings. The third kappa shape index (κ3) is 4.57. The van der Waals surface area contributed by atoms with Gasteiger partial charge < -0.3 is 19.7 Å². The molecule has 196 valence electrons. The van der Waals surface area contributed by atoms with Crippen molar-refractivity contribution < 1.29 is 19.7 Å². The Kier molecular flexibility index (Phi) is 6.90. The minimum absolute atomic E-state index is 0.237. The van der Waals surface area contributed by atoms with Crippen LogP contribution in [0.1, 0.15) is 83.4 Å². The summed E-state index contributed by atoms with van der Waals surface area (Å²) in [7, 11) is 0. The Morgan fingerprint density at radius 3 is 2.58 bits per heavy atom. The highest BCUT2D eigenvalue weighted by atomic mass is 16.4. The predicted molar refractivity (Wildman–Crippen MR) is 139 cm³/mol. The summed E-state index contributed by atoms with van der Waals surface area (Å²) < 4.78 is 5.66. The number of aromatic nitrogens is 2. The highest BCUT2D eigenvalue weighted by molar-refractivity contribution is 5.38. The Bertz CT molecular complexity index is 1080. The zero-order valence-electron chi connectivity index (χ0n) is 22.0. The van der Waals surface area contributed by atoms with E-state index in [0.717, 1.165) is 30.4 Å². The monoisotopic (exact) mass is 494 g/mol. The Morgan fingerprint density at radius 1 is 1.11 bits per heavy atom. The summed E-state index contributed by atoms with van der Waals surface area (Å²) in [5, 5.41) is 39.5. The van der Waals surface area contributed by atoms with E-state index in [1.165, 1.54) is 31.3 Å². The average Bonchev–Trinajstić information content (AvgIpc) is 3.41. The van der Waals surface area contributed by atoms with Gasteiger partial charge in [0, 0.05) is 13.3 Å². The van der Waals surface area contributed by atoms with Crippen LogP contribution in [-0.4, -0.2) is 43.8 Å². The Hall–Kier alpha value is -2.02. The van der Waals surface area contributed by atoms with Crippen LogP contribution in [0.5, 0.6) is 0 Å². The molecule has 0 amide bonds. The molecule has 0 aliphatic heterocycles. The fraction of sp³-hybridized carbons (Fsp3) is 0.667. The molecule has 6 nitrogen and oxygen atoms in total. The molecule has 7 atom stereocenters. The Balaban J connectivity index is 1.29. The van der Waals surface area contributed by atoms with Gasteiger partial charge in [-0.15, -0.1) is 10.2 Å². The van der Waals surface area contributed by atoms with Crippen molar-refractivity contribution in [3.63, 3.8) is 0 Å². The SMILES string of the molecule is C=C1C(=CC=C2CCC[C@]3(C)[C@@H]([C@H](C)C=C[C@@H](O)C4(c5nnc(C)o5)CC4)CC[C@@H]23)C[C@@H](O)C[C@@H]1O. The zero-order chi connectivity index (χ0) is 25.7. The van der Waals surface area contributed by atoms with Gasteiger partial charge in [0.1, 0.15) is 0 Å². The lowest BCUT2D eigenvalue weighted by Crippen LogP contribution is -2.35. The summed E-state index contributed by atoms with van der Waals surface area (Å²) in [6, 6.07) is 0. The number of allylic oxidation sites excluding steroid dienone is 4. The normalized spacial score (nSPS) is 38.0. The van der Waals surface area contributed by atoms with Crippen molar-refractivity contribution in [3.8, 4) is 0 Å². The second-order valence-electron chi connectivity index (χ2n) is 12.1. The minimum atomic E-state index is -0.646. The Labute approximate surface area is 214 Å². The summed E-state index contributed by atoms with van der Waals surface area (Å²) in [4.78, 5) is 0. The first-order valence-electron chi connectivity index (χ1n) is 13.8. The van der Waals surface area contributed by atoms with E-state index in [4.69, 9.17) is 4.42 Å². The van der Waals surface area contributed by atoms with E-state index in [9.17, 15) is 15.3 Å². The first kappa shape index (κ1) is 25.6. The van der Waals surface area contributed by atoms with Crippen molar-refractivity contribution in [2.45, 2.75) is 102 Å². The van der Waals surface area contributed by atoms with Crippen molar-refractivity contribution in [2.75, 3.05) is 0 Å². The molecule has 4 saturated carbocycles. The number of nitrogens with zero attached hydrogens (tertiary/aromatic N) is 2. The summed E-state index contributed by atoms with van der Waals surface area (Å²) >= 11 is 0. The van der Waals surface area contributed by atoms with Crippen LogP contribution in [0.3, 0.4) is 0 Å². The lowest BCUT2D eigenvalue weighted by molar-refractivity contribution is 0.0862. The molecule has 0 spiro atoms. The van der Waals surface area contributed by atoms with Crippen molar-refractivity contribution >= 4 is 0 Å². The van der Waals surface area contributed by atoms with Crippen molar-refractivity contribution in [3.05, 3.63) is 59.4 Å². The summed E-state index contributed by atoms with van der Waals surface area (Å²) in [6.07, 6.45) is 15.4. The number of fused-ring (bicyclic) bond motifs is 1. The molecule has 0 aromatic carbocycles.